The number of halogens is 2. The first kappa shape index (κ1) is 14.2. The standard InChI is InChI=1S/C13H19ClFN3O/c1-7-5-18(6-13(2,3)19-7)12-9(17)4-8(16)10(14)11(12)15/h4,7H,5-6,16-17H2,1-3H3. The number of nitrogen functional groups attached to an aromatic ring is 2. The monoisotopic (exact) mass is 287 g/mol. The zero-order valence-electron chi connectivity index (χ0n) is 11.3. The van der Waals surface area contributed by atoms with Gasteiger partial charge in [0.2, 0.25) is 0 Å². The number of hydrogen-bond donors (Lipinski definition) is 2. The van der Waals surface area contributed by atoms with E-state index >= 15 is 0 Å². The van der Waals surface area contributed by atoms with Crippen LogP contribution in [0.2, 0.25) is 5.02 Å². The summed E-state index contributed by atoms with van der Waals surface area (Å²) in [6, 6.07) is 1.49. The summed E-state index contributed by atoms with van der Waals surface area (Å²) in [5.74, 6) is -0.566. The zero-order valence-corrected chi connectivity index (χ0v) is 12.1. The number of anilines is 3. The molecule has 0 aliphatic carbocycles. The third-order valence-corrected chi connectivity index (χ3v) is 3.51. The van der Waals surface area contributed by atoms with Crippen LogP contribution in [0.15, 0.2) is 6.07 Å². The van der Waals surface area contributed by atoms with Crippen LogP contribution in [0.4, 0.5) is 21.5 Å². The topological polar surface area (TPSA) is 64.5 Å². The van der Waals surface area contributed by atoms with E-state index in [1.165, 1.54) is 6.07 Å². The van der Waals surface area contributed by atoms with E-state index in [-0.39, 0.29) is 22.4 Å². The normalized spacial score (nSPS) is 22.6. The summed E-state index contributed by atoms with van der Waals surface area (Å²) in [7, 11) is 0. The maximum absolute atomic E-state index is 14.3. The molecule has 1 fully saturated rings. The molecule has 1 aromatic rings. The molecule has 2 rings (SSSR count). The van der Waals surface area contributed by atoms with Crippen molar-refractivity contribution >= 4 is 28.7 Å². The van der Waals surface area contributed by atoms with Gasteiger partial charge in [0, 0.05) is 13.1 Å². The molecule has 1 atom stereocenters. The summed E-state index contributed by atoms with van der Waals surface area (Å²) in [6.07, 6.45) is -0.0149. The van der Waals surface area contributed by atoms with Crippen LogP contribution in [0.1, 0.15) is 20.8 Å². The first-order chi connectivity index (χ1) is 8.71. The maximum Gasteiger partial charge on any atom is 0.169 e. The number of ether oxygens (including phenoxy) is 1. The van der Waals surface area contributed by atoms with E-state index < -0.39 is 5.82 Å². The van der Waals surface area contributed by atoms with Gasteiger partial charge >= 0.3 is 0 Å². The predicted octanol–water partition coefficient (Wildman–Crippen LogP) is 2.65. The second-order valence-electron chi connectivity index (χ2n) is 5.60. The minimum absolute atomic E-state index is 0.0149. The van der Waals surface area contributed by atoms with Crippen molar-refractivity contribution in [3.8, 4) is 0 Å². The highest BCUT2D eigenvalue weighted by atomic mass is 35.5. The Morgan fingerprint density at radius 3 is 2.63 bits per heavy atom. The molecular weight excluding hydrogens is 269 g/mol. The number of nitrogens with zero attached hydrogens (tertiary/aromatic N) is 1. The molecule has 4 N–H and O–H groups in total. The quantitative estimate of drug-likeness (QED) is 0.780. The Morgan fingerprint density at radius 2 is 2.05 bits per heavy atom. The molecular formula is C13H19ClFN3O. The van der Waals surface area contributed by atoms with Gasteiger partial charge in [-0.2, -0.15) is 0 Å². The van der Waals surface area contributed by atoms with Crippen LogP contribution in [0, 0.1) is 5.82 Å². The van der Waals surface area contributed by atoms with Crippen LogP contribution in [0.5, 0.6) is 0 Å². The van der Waals surface area contributed by atoms with Crippen molar-refractivity contribution in [1.29, 1.82) is 0 Å². The summed E-state index contributed by atoms with van der Waals surface area (Å²) < 4.78 is 20.1. The van der Waals surface area contributed by atoms with E-state index in [2.05, 4.69) is 0 Å². The Morgan fingerprint density at radius 1 is 1.42 bits per heavy atom. The highest BCUT2D eigenvalue weighted by Crippen LogP contribution is 2.38. The number of hydrogen-bond acceptors (Lipinski definition) is 4. The van der Waals surface area contributed by atoms with Crippen molar-refractivity contribution in [2.75, 3.05) is 29.5 Å². The second-order valence-corrected chi connectivity index (χ2v) is 5.98. The van der Waals surface area contributed by atoms with Gasteiger partial charge in [0.15, 0.2) is 5.82 Å². The van der Waals surface area contributed by atoms with Crippen molar-refractivity contribution in [2.45, 2.75) is 32.5 Å². The Labute approximate surface area is 117 Å². The highest BCUT2D eigenvalue weighted by Gasteiger charge is 2.34. The van der Waals surface area contributed by atoms with Gasteiger partial charge < -0.3 is 21.1 Å². The van der Waals surface area contributed by atoms with E-state index in [0.717, 1.165) is 0 Å². The maximum atomic E-state index is 14.3. The Bertz CT molecular complexity index is 507. The van der Waals surface area contributed by atoms with Crippen molar-refractivity contribution in [3.63, 3.8) is 0 Å². The fraction of sp³-hybridized carbons (Fsp3) is 0.538. The lowest BCUT2D eigenvalue weighted by atomic mass is 10.0. The number of morpholine rings is 1. The summed E-state index contributed by atoms with van der Waals surface area (Å²) in [5.41, 5.74) is 11.9. The lowest BCUT2D eigenvalue weighted by Gasteiger charge is -2.43. The number of benzene rings is 1. The Kier molecular flexibility index (Phi) is 3.53. The average Bonchev–Trinajstić information content (AvgIpc) is 2.23. The smallest absolute Gasteiger partial charge is 0.169 e. The van der Waals surface area contributed by atoms with E-state index in [0.29, 0.717) is 24.5 Å². The molecule has 106 valence electrons. The van der Waals surface area contributed by atoms with Gasteiger partial charge in [0.25, 0.3) is 0 Å². The van der Waals surface area contributed by atoms with E-state index in [9.17, 15) is 4.39 Å². The van der Waals surface area contributed by atoms with Crippen molar-refractivity contribution in [1.82, 2.24) is 0 Å². The molecule has 0 bridgehead atoms. The molecule has 4 nitrogen and oxygen atoms in total. The number of rotatable bonds is 1. The highest BCUT2D eigenvalue weighted by molar-refractivity contribution is 6.33. The first-order valence-corrected chi connectivity index (χ1v) is 6.55. The fourth-order valence-electron chi connectivity index (χ4n) is 2.60. The van der Waals surface area contributed by atoms with E-state index in [1.54, 1.807) is 0 Å². The molecule has 0 aromatic heterocycles. The van der Waals surface area contributed by atoms with Gasteiger partial charge in [-0.3, -0.25) is 0 Å². The molecule has 1 saturated heterocycles. The van der Waals surface area contributed by atoms with Crippen molar-refractivity contribution in [3.05, 3.63) is 16.9 Å². The average molecular weight is 288 g/mol. The summed E-state index contributed by atoms with van der Waals surface area (Å²) in [4.78, 5) is 1.87. The van der Waals surface area contributed by atoms with Crippen molar-refractivity contribution < 1.29 is 9.13 Å². The van der Waals surface area contributed by atoms with Crippen LogP contribution in [0.3, 0.4) is 0 Å². The third-order valence-electron chi connectivity index (χ3n) is 3.12. The largest absolute Gasteiger partial charge is 0.397 e. The van der Waals surface area contributed by atoms with Crippen LogP contribution < -0.4 is 16.4 Å². The van der Waals surface area contributed by atoms with Gasteiger partial charge in [0.1, 0.15) is 5.02 Å². The molecule has 0 spiro atoms. The zero-order chi connectivity index (χ0) is 14.4. The predicted molar refractivity (Wildman–Crippen MR) is 77.1 cm³/mol. The summed E-state index contributed by atoms with van der Waals surface area (Å²) >= 11 is 5.87. The third kappa shape index (κ3) is 2.72. The molecule has 19 heavy (non-hydrogen) atoms. The molecule has 0 radical (unpaired) electrons. The minimum atomic E-state index is -0.566. The summed E-state index contributed by atoms with van der Waals surface area (Å²) in [5, 5.41) is -0.0823. The second kappa shape index (κ2) is 4.72. The van der Waals surface area contributed by atoms with Gasteiger partial charge in [-0.25, -0.2) is 4.39 Å². The lowest BCUT2D eigenvalue weighted by molar-refractivity contribution is -0.0750. The molecule has 1 aliphatic rings. The molecule has 0 saturated carbocycles. The summed E-state index contributed by atoms with van der Waals surface area (Å²) in [6.45, 7) is 6.97. The fourth-order valence-corrected chi connectivity index (χ4v) is 2.75. The SMILES string of the molecule is CC1CN(c2c(N)cc(N)c(Cl)c2F)CC(C)(C)O1. The molecule has 0 amide bonds. The first-order valence-electron chi connectivity index (χ1n) is 6.17. The Hall–Kier alpha value is -1.20. The molecule has 1 heterocycles. The van der Waals surface area contributed by atoms with Crippen LogP contribution in [0.25, 0.3) is 0 Å². The van der Waals surface area contributed by atoms with Crippen LogP contribution in [-0.4, -0.2) is 24.8 Å². The van der Waals surface area contributed by atoms with E-state index in [4.69, 9.17) is 27.8 Å². The minimum Gasteiger partial charge on any atom is -0.397 e. The lowest BCUT2D eigenvalue weighted by Crippen LogP contribution is -2.52. The number of nitrogens with two attached hydrogens (primary N) is 2. The van der Waals surface area contributed by atoms with Gasteiger partial charge in [-0.15, -0.1) is 0 Å². The van der Waals surface area contributed by atoms with Gasteiger partial charge in [0.05, 0.1) is 28.8 Å². The Balaban J connectivity index is 2.44. The molecule has 1 aromatic carbocycles. The molecule has 1 unspecified atom stereocenters. The van der Waals surface area contributed by atoms with Crippen molar-refractivity contribution in [2.24, 2.45) is 0 Å². The van der Waals surface area contributed by atoms with E-state index in [1.807, 2.05) is 25.7 Å². The van der Waals surface area contributed by atoms with Gasteiger partial charge in [-0.05, 0) is 26.8 Å². The van der Waals surface area contributed by atoms with Crippen LogP contribution >= 0.6 is 11.6 Å². The van der Waals surface area contributed by atoms with Gasteiger partial charge in [-0.1, -0.05) is 11.6 Å². The van der Waals surface area contributed by atoms with Crippen LogP contribution in [-0.2, 0) is 4.74 Å². The molecule has 1 aliphatic heterocycles. The molecule has 6 heteroatoms.